The quantitative estimate of drug-likeness (QED) is 0.496. The number of nitrogens with zero attached hydrogens (tertiary/aromatic N) is 2. The Morgan fingerprint density at radius 3 is 2.36 bits per heavy atom. The molecule has 1 aromatic carbocycles. The first kappa shape index (κ1) is 17.1. The van der Waals surface area contributed by atoms with E-state index in [1.807, 2.05) is 0 Å². The number of rotatable bonds is 4. The third-order valence-corrected chi connectivity index (χ3v) is 4.27. The number of benzene rings is 1. The number of pyridine rings is 1. The molecule has 1 unspecified atom stereocenters. The molecule has 7 heteroatoms. The van der Waals surface area contributed by atoms with Gasteiger partial charge in [0.15, 0.2) is 0 Å². The maximum absolute atomic E-state index is 12.5. The van der Waals surface area contributed by atoms with Crippen molar-refractivity contribution in [2.75, 3.05) is 13.2 Å². The predicted octanol–water partition coefficient (Wildman–Crippen LogP) is 2.15. The van der Waals surface area contributed by atoms with Gasteiger partial charge in [-0.05, 0) is 42.0 Å². The van der Waals surface area contributed by atoms with E-state index in [1.54, 1.807) is 36.4 Å². The number of hydrogen-bond donors (Lipinski definition) is 2. The first-order valence-corrected chi connectivity index (χ1v) is 7.97. The fourth-order valence-corrected chi connectivity index (χ4v) is 3.00. The number of β-amino-alcohol motifs (C(OH)–C–C–N with tert-alkyl or cyclic N) is 1. The molecular weight excluding hydrogens is 344 g/mol. The standard InChI is InChI=1S/C18H15ClN2O4/c19-13-3-1-12(2-4-13)16(23)14-15(11-5-7-20-8-6-11)21(9-10-22)18(25)17(14)24/h1-8,15,22-23H,9-10H2. The highest BCUT2D eigenvalue weighted by Gasteiger charge is 2.45. The largest absolute Gasteiger partial charge is 0.507 e. The van der Waals surface area contributed by atoms with Crippen molar-refractivity contribution in [2.45, 2.75) is 6.04 Å². The molecule has 1 fully saturated rings. The lowest BCUT2D eigenvalue weighted by Crippen LogP contribution is -2.32. The Hall–Kier alpha value is -2.70. The van der Waals surface area contributed by atoms with Gasteiger partial charge in [-0.2, -0.15) is 0 Å². The smallest absolute Gasteiger partial charge is 0.295 e. The van der Waals surface area contributed by atoms with Crippen molar-refractivity contribution in [3.05, 3.63) is 70.5 Å². The number of aliphatic hydroxyl groups is 2. The molecule has 6 nitrogen and oxygen atoms in total. The molecule has 3 rings (SSSR count). The fraction of sp³-hybridized carbons (Fsp3) is 0.167. The highest BCUT2D eigenvalue weighted by molar-refractivity contribution is 6.46. The van der Waals surface area contributed by atoms with E-state index in [0.717, 1.165) is 0 Å². The third-order valence-electron chi connectivity index (χ3n) is 4.02. The molecule has 0 spiro atoms. The van der Waals surface area contributed by atoms with E-state index in [0.29, 0.717) is 16.1 Å². The van der Waals surface area contributed by atoms with Gasteiger partial charge in [-0.3, -0.25) is 14.6 Å². The van der Waals surface area contributed by atoms with Crippen molar-refractivity contribution in [2.24, 2.45) is 0 Å². The number of carbonyl (C=O) groups is 2. The van der Waals surface area contributed by atoms with Crippen LogP contribution in [-0.4, -0.2) is 44.9 Å². The van der Waals surface area contributed by atoms with E-state index >= 15 is 0 Å². The number of aliphatic hydroxyl groups excluding tert-OH is 2. The monoisotopic (exact) mass is 358 g/mol. The lowest BCUT2D eigenvalue weighted by atomic mass is 9.96. The Kier molecular flexibility index (Phi) is 4.83. The number of carbonyl (C=O) groups excluding carboxylic acids is 2. The van der Waals surface area contributed by atoms with Crippen LogP contribution in [-0.2, 0) is 9.59 Å². The molecule has 1 atom stereocenters. The van der Waals surface area contributed by atoms with Gasteiger partial charge in [0.05, 0.1) is 18.2 Å². The maximum atomic E-state index is 12.5. The first-order valence-electron chi connectivity index (χ1n) is 7.59. The van der Waals surface area contributed by atoms with Crippen LogP contribution in [0.3, 0.4) is 0 Å². The second-order valence-electron chi connectivity index (χ2n) is 5.50. The van der Waals surface area contributed by atoms with Crippen LogP contribution < -0.4 is 0 Å². The molecule has 1 aliphatic rings. The third kappa shape index (κ3) is 3.14. The maximum Gasteiger partial charge on any atom is 0.295 e. The summed E-state index contributed by atoms with van der Waals surface area (Å²) < 4.78 is 0. The summed E-state index contributed by atoms with van der Waals surface area (Å²) in [5.41, 5.74) is 0.982. The molecule has 1 saturated heterocycles. The number of hydrogen-bond acceptors (Lipinski definition) is 5. The zero-order valence-corrected chi connectivity index (χ0v) is 13.8. The number of halogens is 1. The number of Topliss-reactive ketones (excluding diaryl/α,β-unsaturated/α-hetero) is 1. The number of aromatic nitrogens is 1. The Bertz CT molecular complexity index is 834. The van der Waals surface area contributed by atoms with Crippen molar-refractivity contribution >= 4 is 29.1 Å². The number of ketones is 1. The van der Waals surface area contributed by atoms with Crippen LogP contribution in [0.15, 0.2) is 54.4 Å². The summed E-state index contributed by atoms with van der Waals surface area (Å²) in [6.45, 7) is -0.315. The fourth-order valence-electron chi connectivity index (χ4n) is 2.87. The van der Waals surface area contributed by atoms with Crippen LogP contribution >= 0.6 is 11.6 Å². The molecule has 1 aliphatic heterocycles. The second kappa shape index (κ2) is 7.04. The van der Waals surface area contributed by atoms with Gasteiger partial charge in [0.25, 0.3) is 11.7 Å². The topological polar surface area (TPSA) is 90.7 Å². The number of likely N-dealkylation sites (tertiary alicyclic amines) is 1. The first-order chi connectivity index (χ1) is 12.0. The second-order valence-corrected chi connectivity index (χ2v) is 5.94. The zero-order chi connectivity index (χ0) is 18.0. The molecule has 0 bridgehead atoms. The molecule has 1 aromatic heterocycles. The molecule has 2 N–H and O–H groups in total. The summed E-state index contributed by atoms with van der Waals surface area (Å²) in [4.78, 5) is 30.1. The van der Waals surface area contributed by atoms with Crippen LogP contribution in [0.25, 0.3) is 5.76 Å². The summed E-state index contributed by atoms with van der Waals surface area (Å²) in [5.74, 6) is -1.83. The normalized spacial score (nSPS) is 19.4. The van der Waals surface area contributed by atoms with E-state index in [9.17, 15) is 19.8 Å². The van der Waals surface area contributed by atoms with Gasteiger partial charge in [-0.25, -0.2) is 0 Å². The summed E-state index contributed by atoms with van der Waals surface area (Å²) in [6, 6.07) is 8.85. The molecule has 128 valence electrons. The molecule has 1 amide bonds. The summed E-state index contributed by atoms with van der Waals surface area (Å²) in [5, 5.41) is 20.4. The van der Waals surface area contributed by atoms with Crippen molar-refractivity contribution in [1.82, 2.24) is 9.88 Å². The van der Waals surface area contributed by atoms with E-state index < -0.39 is 17.7 Å². The molecule has 0 aliphatic carbocycles. The highest BCUT2D eigenvalue weighted by Crippen LogP contribution is 2.38. The minimum atomic E-state index is -0.789. The Labute approximate surface area is 149 Å². The van der Waals surface area contributed by atoms with Gasteiger partial charge < -0.3 is 15.1 Å². The lowest BCUT2D eigenvalue weighted by molar-refractivity contribution is -0.140. The van der Waals surface area contributed by atoms with Gasteiger partial charge in [-0.15, -0.1) is 0 Å². The molecule has 25 heavy (non-hydrogen) atoms. The summed E-state index contributed by atoms with van der Waals surface area (Å²) >= 11 is 5.86. The van der Waals surface area contributed by atoms with Gasteiger partial charge in [0, 0.05) is 29.5 Å². The zero-order valence-electron chi connectivity index (χ0n) is 13.1. The Morgan fingerprint density at radius 2 is 1.76 bits per heavy atom. The van der Waals surface area contributed by atoms with Gasteiger partial charge in [0.2, 0.25) is 0 Å². The SMILES string of the molecule is O=C1C(=O)N(CCO)C(c2ccncc2)C1=C(O)c1ccc(Cl)cc1. The molecule has 2 aromatic rings. The van der Waals surface area contributed by atoms with Gasteiger partial charge >= 0.3 is 0 Å². The van der Waals surface area contributed by atoms with Crippen molar-refractivity contribution in [3.8, 4) is 0 Å². The van der Waals surface area contributed by atoms with E-state index in [1.165, 1.54) is 17.3 Å². The number of amides is 1. The lowest BCUT2D eigenvalue weighted by Gasteiger charge is -2.24. The predicted molar refractivity (Wildman–Crippen MR) is 91.8 cm³/mol. The van der Waals surface area contributed by atoms with Crippen LogP contribution in [0, 0.1) is 0 Å². The van der Waals surface area contributed by atoms with Gasteiger partial charge in [-0.1, -0.05) is 11.6 Å². The molecule has 0 saturated carbocycles. The molecular formula is C18H15ClN2O4. The van der Waals surface area contributed by atoms with Crippen molar-refractivity contribution in [1.29, 1.82) is 0 Å². The van der Waals surface area contributed by atoms with Gasteiger partial charge in [0.1, 0.15) is 5.76 Å². The van der Waals surface area contributed by atoms with E-state index in [2.05, 4.69) is 4.98 Å². The van der Waals surface area contributed by atoms with Crippen molar-refractivity contribution < 1.29 is 19.8 Å². The Balaban J connectivity index is 2.17. The van der Waals surface area contributed by atoms with Crippen molar-refractivity contribution in [3.63, 3.8) is 0 Å². The van der Waals surface area contributed by atoms with Crippen LogP contribution in [0.4, 0.5) is 0 Å². The Morgan fingerprint density at radius 1 is 1.12 bits per heavy atom. The van der Waals surface area contributed by atoms with E-state index in [-0.39, 0.29) is 24.5 Å². The minimum Gasteiger partial charge on any atom is -0.507 e. The molecule has 0 radical (unpaired) electrons. The van der Waals surface area contributed by atoms with E-state index in [4.69, 9.17) is 11.6 Å². The average Bonchev–Trinajstić information content (AvgIpc) is 2.88. The highest BCUT2D eigenvalue weighted by atomic mass is 35.5. The average molecular weight is 359 g/mol. The summed E-state index contributed by atoms with van der Waals surface area (Å²) in [6.07, 6.45) is 3.08. The van der Waals surface area contributed by atoms with Crippen LogP contribution in [0.5, 0.6) is 0 Å². The molecule has 2 heterocycles. The minimum absolute atomic E-state index is 0.0189. The van der Waals surface area contributed by atoms with Crippen LogP contribution in [0.2, 0.25) is 5.02 Å². The van der Waals surface area contributed by atoms with Crippen LogP contribution in [0.1, 0.15) is 17.2 Å². The summed E-state index contributed by atoms with van der Waals surface area (Å²) in [7, 11) is 0.